The molecule has 3 aliphatic rings. The molecule has 1 aromatic heterocycles. The molecule has 3 heterocycles. The van der Waals surface area contributed by atoms with Gasteiger partial charge in [-0.15, -0.1) is 0 Å². The monoisotopic (exact) mass is 594 g/mol. The van der Waals surface area contributed by atoms with Crippen LogP contribution < -0.4 is 25.4 Å². The molecule has 180 valence electrons. The first-order valence-corrected chi connectivity index (χ1v) is 15.6. The number of fused-ring (bicyclic) bond motifs is 1. The molecule has 9 nitrogen and oxygen atoms in total. The number of amides is 2. The van der Waals surface area contributed by atoms with Crippen LogP contribution in [-0.2, 0) is 4.79 Å². The lowest BCUT2D eigenvalue weighted by Crippen LogP contribution is -2.27. The maximum absolute atomic E-state index is 12.8. The van der Waals surface area contributed by atoms with Crippen molar-refractivity contribution in [3.8, 4) is 5.75 Å². The fourth-order valence-corrected chi connectivity index (χ4v) is 6.72. The highest BCUT2D eigenvalue weighted by molar-refractivity contribution is 14.2. The number of hydrogen-bond donors (Lipinski definition) is 3. The number of methoxy groups -OCH3 is 1. The largest absolute Gasteiger partial charge is 0.495 e. The fourth-order valence-electron chi connectivity index (χ4n) is 4.33. The van der Waals surface area contributed by atoms with Crippen molar-refractivity contribution in [1.29, 1.82) is 0 Å². The van der Waals surface area contributed by atoms with Gasteiger partial charge in [-0.3, -0.25) is 9.59 Å². The number of nitrogens with zero attached hydrogens (tertiary/aromatic N) is 3. The zero-order chi connectivity index (χ0) is 23.8. The van der Waals surface area contributed by atoms with E-state index in [1.54, 1.807) is 13.2 Å². The predicted molar refractivity (Wildman–Crippen MR) is 145 cm³/mol. The summed E-state index contributed by atoms with van der Waals surface area (Å²) in [6.07, 6.45) is 4.53. The third-order valence-corrected chi connectivity index (χ3v) is 8.71. The molecule has 0 spiro atoms. The standard InChI is InChI=1S/C23H28IN6O3P/c1-13-25-20-17(12-19(27-21(20)30(13)34-24)28-22(31)14-5-6-14)26-16-8-7-15(11-18(16)33-2)23(32)29-9-3-4-10-29/h7-8,11-14,25,34H,3-6,9-10H2,1-2H3,(H2,26,27,28,31). The lowest BCUT2D eigenvalue weighted by molar-refractivity contribution is -0.117. The predicted octanol–water partition coefficient (Wildman–Crippen LogP) is 4.94. The molecule has 2 atom stereocenters. The number of likely N-dealkylation sites (tertiary alicyclic amines) is 1. The summed E-state index contributed by atoms with van der Waals surface area (Å²) in [5.74, 6) is 2.05. The van der Waals surface area contributed by atoms with Gasteiger partial charge in [0, 0.05) is 37.0 Å². The van der Waals surface area contributed by atoms with Gasteiger partial charge in [0.1, 0.15) is 23.4 Å². The Bertz CT molecular complexity index is 1120. The number of rotatable bonds is 7. The van der Waals surface area contributed by atoms with Crippen molar-refractivity contribution >= 4 is 68.9 Å². The Hall–Kier alpha value is -2.33. The molecule has 5 rings (SSSR count). The molecule has 34 heavy (non-hydrogen) atoms. The van der Waals surface area contributed by atoms with Crippen molar-refractivity contribution in [3.63, 3.8) is 0 Å². The van der Waals surface area contributed by atoms with Crippen LogP contribution in [-0.4, -0.2) is 48.1 Å². The lowest BCUT2D eigenvalue weighted by atomic mass is 10.1. The highest BCUT2D eigenvalue weighted by Gasteiger charge is 2.33. The second-order valence-corrected chi connectivity index (χ2v) is 10.9. The van der Waals surface area contributed by atoms with Crippen molar-refractivity contribution in [2.24, 2.45) is 5.92 Å². The molecule has 11 heteroatoms. The van der Waals surface area contributed by atoms with E-state index in [-0.39, 0.29) is 23.9 Å². The van der Waals surface area contributed by atoms with Crippen LogP contribution in [0, 0.1) is 5.92 Å². The number of nitrogens with one attached hydrogen (secondary N) is 3. The van der Waals surface area contributed by atoms with Gasteiger partial charge in [-0.1, -0.05) is 0 Å². The number of halogens is 1. The minimum absolute atomic E-state index is 0.0169. The van der Waals surface area contributed by atoms with Crippen molar-refractivity contribution in [2.45, 2.75) is 38.8 Å². The Kier molecular flexibility index (Phi) is 6.70. The van der Waals surface area contributed by atoms with E-state index in [9.17, 15) is 9.59 Å². The summed E-state index contributed by atoms with van der Waals surface area (Å²) in [6.45, 7) is 3.69. The smallest absolute Gasteiger partial charge is 0.253 e. The summed E-state index contributed by atoms with van der Waals surface area (Å²) >= 11 is 2.34. The van der Waals surface area contributed by atoms with Crippen LogP contribution in [0.5, 0.6) is 5.75 Å². The zero-order valence-electron chi connectivity index (χ0n) is 19.2. The second kappa shape index (κ2) is 9.73. The third kappa shape index (κ3) is 4.62. The van der Waals surface area contributed by atoms with Gasteiger partial charge in [0.25, 0.3) is 5.91 Å². The van der Waals surface area contributed by atoms with E-state index in [0.717, 1.165) is 61.7 Å². The first kappa shape index (κ1) is 23.4. The Morgan fingerprint density at radius 3 is 2.65 bits per heavy atom. The fraction of sp³-hybridized carbons (Fsp3) is 0.435. The molecule has 2 aromatic rings. The van der Waals surface area contributed by atoms with Crippen molar-refractivity contribution in [2.75, 3.05) is 40.8 Å². The maximum atomic E-state index is 12.8. The average molecular weight is 594 g/mol. The normalized spacial score (nSPS) is 19.3. The van der Waals surface area contributed by atoms with E-state index < -0.39 is 0 Å². The minimum atomic E-state index is 0.0169. The average Bonchev–Trinajstić information content (AvgIpc) is 3.45. The van der Waals surface area contributed by atoms with E-state index in [0.29, 0.717) is 23.5 Å². The summed E-state index contributed by atoms with van der Waals surface area (Å²) < 4.78 is 7.81. The van der Waals surface area contributed by atoms with Crippen LogP contribution >= 0.6 is 28.4 Å². The Morgan fingerprint density at radius 1 is 1.21 bits per heavy atom. The van der Waals surface area contributed by atoms with Crippen molar-refractivity contribution in [3.05, 3.63) is 29.8 Å². The number of hydrogen-bond acceptors (Lipinski definition) is 7. The molecule has 2 aliphatic heterocycles. The zero-order valence-corrected chi connectivity index (χ0v) is 22.3. The molecule has 1 saturated carbocycles. The van der Waals surface area contributed by atoms with Crippen molar-refractivity contribution in [1.82, 2.24) is 9.88 Å². The van der Waals surface area contributed by atoms with E-state index in [1.165, 1.54) is 0 Å². The number of aromatic nitrogens is 1. The van der Waals surface area contributed by atoms with E-state index in [2.05, 4.69) is 49.6 Å². The van der Waals surface area contributed by atoms with Gasteiger partial charge in [0.2, 0.25) is 5.91 Å². The molecule has 2 amide bonds. The van der Waals surface area contributed by atoms with Gasteiger partial charge >= 0.3 is 0 Å². The summed E-state index contributed by atoms with van der Waals surface area (Å²) in [5, 5.41) is 9.93. The summed E-state index contributed by atoms with van der Waals surface area (Å²) in [4.78, 5) is 31.9. The summed E-state index contributed by atoms with van der Waals surface area (Å²) in [5.41, 5.74) is 3.02. The van der Waals surface area contributed by atoms with Crippen LogP contribution in [0.1, 0.15) is 43.0 Å². The number of carbonyl (C=O) groups excluding carboxylic acids is 2. The highest BCUT2D eigenvalue weighted by Crippen LogP contribution is 2.48. The molecule has 3 N–H and O–H groups in total. The SMILES string of the molecule is COc1cc(C(=O)N2CCCC2)ccc1Nc1cc(NC(=O)C2CC2)nc2c1NC(C)N2PI. The van der Waals surface area contributed by atoms with Crippen LogP contribution in [0.25, 0.3) is 0 Å². The first-order chi connectivity index (χ1) is 16.5. The Balaban J connectivity index is 1.46. The van der Waals surface area contributed by atoms with Gasteiger partial charge in [0.05, 0.1) is 18.5 Å². The molecular weight excluding hydrogens is 566 g/mol. The molecule has 0 bridgehead atoms. The Morgan fingerprint density at radius 2 is 1.97 bits per heavy atom. The van der Waals surface area contributed by atoms with E-state index in [4.69, 9.17) is 9.72 Å². The van der Waals surface area contributed by atoms with Crippen LogP contribution in [0.3, 0.4) is 0 Å². The molecule has 1 aromatic carbocycles. The van der Waals surface area contributed by atoms with Gasteiger partial charge in [0.15, 0.2) is 5.82 Å². The van der Waals surface area contributed by atoms with E-state index in [1.807, 2.05) is 23.1 Å². The quantitative estimate of drug-likeness (QED) is 0.309. The third-order valence-electron chi connectivity index (χ3n) is 6.37. The van der Waals surface area contributed by atoms with Crippen molar-refractivity contribution < 1.29 is 14.3 Å². The summed E-state index contributed by atoms with van der Waals surface area (Å²) in [6, 6.07) is 7.33. The van der Waals surface area contributed by atoms with Crippen LogP contribution in [0.4, 0.5) is 28.7 Å². The minimum Gasteiger partial charge on any atom is -0.495 e. The lowest BCUT2D eigenvalue weighted by Gasteiger charge is -2.20. The molecule has 2 unspecified atom stereocenters. The molecule has 2 fully saturated rings. The number of pyridine rings is 1. The number of ether oxygens (including phenoxy) is 1. The number of benzene rings is 1. The van der Waals surface area contributed by atoms with Gasteiger partial charge in [-0.05, 0) is 72.8 Å². The van der Waals surface area contributed by atoms with Gasteiger partial charge in [-0.25, -0.2) is 4.98 Å². The highest BCUT2D eigenvalue weighted by atomic mass is 127. The van der Waals surface area contributed by atoms with Crippen LogP contribution in [0.2, 0.25) is 0 Å². The van der Waals surface area contributed by atoms with Crippen LogP contribution in [0.15, 0.2) is 24.3 Å². The van der Waals surface area contributed by atoms with Gasteiger partial charge < -0.3 is 30.3 Å². The maximum Gasteiger partial charge on any atom is 0.253 e. The first-order valence-electron chi connectivity index (χ1n) is 11.5. The number of carbonyl (C=O) groups is 2. The van der Waals surface area contributed by atoms with Gasteiger partial charge in [-0.2, -0.15) is 0 Å². The second-order valence-electron chi connectivity index (χ2n) is 8.83. The molecule has 1 aliphatic carbocycles. The summed E-state index contributed by atoms with van der Waals surface area (Å²) in [7, 11) is 1.60. The Labute approximate surface area is 213 Å². The number of anilines is 5. The van der Waals surface area contributed by atoms with E-state index >= 15 is 0 Å². The topological polar surface area (TPSA) is 98.8 Å². The molecular formula is C23H28IN6O3P. The molecule has 1 saturated heterocycles. The molecule has 0 radical (unpaired) electrons.